The van der Waals surface area contributed by atoms with Crippen LogP contribution < -0.4 is 0 Å². The van der Waals surface area contributed by atoms with Gasteiger partial charge in [-0.15, -0.1) is 0 Å². The van der Waals surface area contributed by atoms with Crippen LogP contribution in [0.2, 0.25) is 0 Å². The number of hydrogen-bond acceptors (Lipinski definition) is 0. The van der Waals surface area contributed by atoms with Crippen molar-refractivity contribution >= 4 is 0 Å². The summed E-state index contributed by atoms with van der Waals surface area (Å²) in [6.07, 6.45) is -5.25. The van der Waals surface area contributed by atoms with Crippen LogP contribution in [0.3, 0.4) is 0 Å². The van der Waals surface area contributed by atoms with E-state index in [9.17, 15) is 39.5 Å². The van der Waals surface area contributed by atoms with Gasteiger partial charge in [-0.1, -0.05) is 38.1 Å². The van der Waals surface area contributed by atoms with Gasteiger partial charge in [-0.25, -0.2) is 0 Å². The first-order valence-corrected chi connectivity index (χ1v) is 6.30. The number of hydrogen-bond donors (Lipinski definition) is 0. The SMILES string of the molecule is CC(C)[CH]c1ccc(C(F)(F)C(F)(F)C(F)(F)C(F)(F)F)cc1. The molecule has 0 N–H and O–H groups in total. The topological polar surface area (TPSA) is 0 Å². The minimum atomic E-state index is -6.88. The number of halogens is 9. The summed E-state index contributed by atoms with van der Waals surface area (Å²) in [5.74, 6) is -19.2. The maximum atomic E-state index is 13.6. The molecule has 0 aliphatic heterocycles. The largest absolute Gasteiger partial charge is 0.460 e. The second-order valence-corrected chi connectivity index (χ2v) is 5.25. The van der Waals surface area contributed by atoms with E-state index in [0.29, 0.717) is 17.7 Å². The van der Waals surface area contributed by atoms with Crippen LogP contribution in [0.4, 0.5) is 39.5 Å². The van der Waals surface area contributed by atoms with Crippen molar-refractivity contribution < 1.29 is 39.5 Å². The fourth-order valence-corrected chi connectivity index (χ4v) is 1.74. The van der Waals surface area contributed by atoms with Crippen molar-refractivity contribution in [2.45, 2.75) is 37.8 Å². The summed E-state index contributed by atoms with van der Waals surface area (Å²) in [4.78, 5) is 0. The van der Waals surface area contributed by atoms with Crippen LogP contribution in [0.5, 0.6) is 0 Å². The van der Waals surface area contributed by atoms with Crippen molar-refractivity contribution in [1.82, 2.24) is 0 Å². The molecule has 0 amide bonds. The highest BCUT2D eigenvalue weighted by atomic mass is 19.4. The smallest absolute Gasteiger partial charge is 0.194 e. The molecule has 1 rings (SSSR count). The number of benzene rings is 1. The molecule has 1 radical (unpaired) electrons. The highest BCUT2D eigenvalue weighted by molar-refractivity contribution is 5.32. The molecule has 9 heteroatoms. The fraction of sp³-hybridized carbons (Fsp3) is 0.500. The predicted octanol–water partition coefficient (Wildman–Crippen LogP) is 5.82. The van der Waals surface area contributed by atoms with Gasteiger partial charge < -0.3 is 0 Å². The summed E-state index contributed by atoms with van der Waals surface area (Å²) < 4.78 is 115. The van der Waals surface area contributed by atoms with E-state index in [2.05, 4.69) is 0 Å². The van der Waals surface area contributed by atoms with Gasteiger partial charge in [0, 0.05) is 5.56 Å². The molecule has 0 nitrogen and oxygen atoms in total. The molecule has 0 saturated heterocycles. The average Bonchev–Trinajstić information content (AvgIpc) is 2.36. The Bertz CT molecular complexity index is 526. The zero-order chi connectivity index (χ0) is 18.3. The minimum Gasteiger partial charge on any atom is -0.194 e. The van der Waals surface area contributed by atoms with Gasteiger partial charge >= 0.3 is 23.9 Å². The molecule has 0 unspecified atom stereocenters. The molecule has 0 fully saturated rings. The molecule has 0 heterocycles. The summed E-state index contributed by atoms with van der Waals surface area (Å²) in [5, 5.41) is 0. The molecule has 0 bridgehead atoms. The van der Waals surface area contributed by atoms with Gasteiger partial charge in [-0.3, -0.25) is 0 Å². The molecule has 1 aromatic rings. The Kier molecular flexibility index (Phi) is 5.04. The first-order chi connectivity index (χ1) is 10.1. The lowest BCUT2D eigenvalue weighted by molar-refractivity contribution is -0.399. The zero-order valence-electron chi connectivity index (χ0n) is 11.9. The van der Waals surface area contributed by atoms with Crippen molar-refractivity contribution in [3.8, 4) is 0 Å². The summed E-state index contributed by atoms with van der Waals surface area (Å²) >= 11 is 0. The van der Waals surface area contributed by atoms with E-state index in [4.69, 9.17) is 0 Å². The highest BCUT2D eigenvalue weighted by Gasteiger charge is 2.81. The third kappa shape index (κ3) is 3.42. The van der Waals surface area contributed by atoms with Crippen molar-refractivity contribution in [2.75, 3.05) is 0 Å². The highest BCUT2D eigenvalue weighted by Crippen LogP contribution is 2.56. The van der Waals surface area contributed by atoms with Crippen LogP contribution in [0.25, 0.3) is 0 Å². The molecule has 0 saturated carbocycles. The molecular formula is C14H12F9. The molecule has 1 aromatic carbocycles. The Morgan fingerprint density at radius 1 is 0.739 bits per heavy atom. The van der Waals surface area contributed by atoms with Gasteiger partial charge in [0.1, 0.15) is 0 Å². The Morgan fingerprint density at radius 2 is 1.17 bits per heavy atom. The van der Waals surface area contributed by atoms with Gasteiger partial charge in [-0.2, -0.15) is 39.5 Å². The van der Waals surface area contributed by atoms with Crippen molar-refractivity contribution in [2.24, 2.45) is 5.92 Å². The van der Waals surface area contributed by atoms with Gasteiger partial charge in [0.2, 0.25) is 0 Å². The molecule has 0 aliphatic rings. The van der Waals surface area contributed by atoms with Crippen LogP contribution in [-0.2, 0) is 5.92 Å². The number of rotatable bonds is 5. The van der Waals surface area contributed by atoms with E-state index in [-0.39, 0.29) is 5.92 Å². The van der Waals surface area contributed by atoms with E-state index < -0.39 is 29.5 Å². The summed E-state index contributed by atoms with van der Waals surface area (Å²) in [5.41, 5.74) is -1.29. The monoisotopic (exact) mass is 351 g/mol. The second-order valence-electron chi connectivity index (χ2n) is 5.25. The third-order valence-electron chi connectivity index (χ3n) is 2.94. The molecule has 131 valence electrons. The Balaban J connectivity index is 3.24. The molecule has 23 heavy (non-hydrogen) atoms. The lowest BCUT2D eigenvalue weighted by atomic mass is 9.94. The second kappa shape index (κ2) is 5.90. The van der Waals surface area contributed by atoms with E-state index in [1.54, 1.807) is 20.3 Å². The summed E-state index contributed by atoms with van der Waals surface area (Å²) in [7, 11) is 0. The average molecular weight is 351 g/mol. The first-order valence-electron chi connectivity index (χ1n) is 6.30. The Hall–Kier alpha value is -1.41. The predicted molar refractivity (Wildman–Crippen MR) is 64.5 cm³/mol. The third-order valence-corrected chi connectivity index (χ3v) is 2.94. The van der Waals surface area contributed by atoms with Gasteiger partial charge in [0.25, 0.3) is 0 Å². The van der Waals surface area contributed by atoms with Crippen LogP contribution >= 0.6 is 0 Å². The molecule has 0 aromatic heterocycles. The Labute approximate surface area is 126 Å². The van der Waals surface area contributed by atoms with Gasteiger partial charge in [0.15, 0.2) is 0 Å². The van der Waals surface area contributed by atoms with Crippen LogP contribution in [0.1, 0.15) is 25.0 Å². The fourth-order valence-electron chi connectivity index (χ4n) is 1.74. The molecule has 0 spiro atoms. The summed E-state index contributed by atoms with van der Waals surface area (Å²) in [6.45, 7) is 3.47. The van der Waals surface area contributed by atoms with Crippen LogP contribution in [0, 0.1) is 12.3 Å². The molecule has 0 aliphatic carbocycles. The van der Waals surface area contributed by atoms with E-state index in [1.165, 1.54) is 0 Å². The first kappa shape index (κ1) is 19.6. The Morgan fingerprint density at radius 3 is 1.52 bits per heavy atom. The van der Waals surface area contributed by atoms with Crippen molar-refractivity contribution in [1.29, 1.82) is 0 Å². The minimum absolute atomic E-state index is 0.0163. The standard InChI is InChI=1S/C14H12F9/c1-8(2)7-9-3-5-10(6-4-9)11(15,16)12(17,18)13(19,20)14(21,22)23/h3-8H,1-2H3. The molecular weight excluding hydrogens is 339 g/mol. The summed E-state index contributed by atoms with van der Waals surface area (Å²) in [6, 6.07) is 2.67. The van der Waals surface area contributed by atoms with Crippen molar-refractivity contribution in [3.63, 3.8) is 0 Å². The quantitative estimate of drug-likeness (QED) is 0.587. The zero-order valence-corrected chi connectivity index (χ0v) is 11.9. The van der Waals surface area contributed by atoms with Gasteiger partial charge in [-0.05, 0) is 17.9 Å². The molecule has 0 atom stereocenters. The van der Waals surface area contributed by atoms with Crippen LogP contribution in [-0.4, -0.2) is 18.0 Å². The number of alkyl halides is 9. The van der Waals surface area contributed by atoms with E-state index in [1.807, 2.05) is 0 Å². The maximum absolute atomic E-state index is 13.6. The van der Waals surface area contributed by atoms with E-state index >= 15 is 0 Å². The van der Waals surface area contributed by atoms with E-state index in [0.717, 1.165) is 12.1 Å². The van der Waals surface area contributed by atoms with Gasteiger partial charge in [0.05, 0.1) is 0 Å². The lowest BCUT2D eigenvalue weighted by Gasteiger charge is -2.33. The maximum Gasteiger partial charge on any atom is 0.460 e. The van der Waals surface area contributed by atoms with Crippen molar-refractivity contribution in [3.05, 3.63) is 41.8 Å². The van der Waals surface area contributed by atoms with Crippen LogP contribution in [0.15, 0.2) is 24.3 Å². The normalized spacial score (nSPS) is 14.4. The lowest BCUT2D eigenvalue weighted by Crippen LogP contribution is -2.59.